The van der Waals surface area contributed by atoms with E-state index in [1.54, 1.807) is 12.1 Å². The van der Waals surface area contributed by atoms with Crippen molar-refractivity contribution in [2.45, 2.75) is 50.0 Å². The van der Waals surface area contributed by atoms with E-state index in [4.69, 9.17) is 0 Å². The summed E-state index contributed by atoms with van der Waals surface area (Å²) >= 11 is 0. The second kappa shape index (κ2) is 7.65. The molecule has 0 bridgehead atoms. The van der Waals surface area contributed by atoms with Crippen LogP contribution in [0.1, 0.15) is 50.6 Å². The third-order valence-electron chi connectivity index (χ3n) is 3.38. The fourth-order valence-corrected chi connectivity index (χ4v) is 2.89. The molecule has 1 unspecified atom stereocenters. The predicted octanol–water partition coefficient (Wildman–Crippen LogP) is 3.32. The highest BCUT2D eigenvalue weighted by Crippen LogP contribution is 2.22. The van der Waals surface area contributed by atoms with Crippen LogP contribution in [0.4, 0.5) is 0 Å². The van der Waals surface area contributed by atoms with E-state index in [0.717, 1.165) is 12.0 Å². The normalized spacial score (nSPS) is 13.4. The van der Waals surface area contributed by atoms with Crippen LogP contribution in [0.5, 0.6) is 0 Å². The number of hydrogen-bond donors (Lipinski definition) is 1. The average molecular weight is 283 g/mol. The SMILES string of the molecule is CCCCCCC(NC)c1cccc(S(C)(=O)=O)c1. The lowest BCUT2D eigenvalue weighted by Crippen LogP contribution is -2.16. The van der Waals surface area contributed by atoms with Crippen molar-refractivity contribution in [2.24, 2.45) is 0 Å². The number of nitrogens with one attached hydrogen (secondary N) is 1. The highest BCUT2D eigenvalue weighted by Gasteiger charge is 2.12. The maximum atomic E-state index is 11.6. The zero-order valence-corrected chi connectivity index (χ0v) is 13.0. The molecule has 0 heterocycles. The van der Waals surface area contributed by atoms with Gasteiger partial charge in [0.05, 0.1) is 4.90 Å². The summed E-state index contributed by atoms with van der Waals surface area (Å²) in [5, 5.41) is 3.28. The number of rotatable bonds is 8. The van der Waals surface area contributed by atoms with Crippen LogP contribution < -0.4 is 5.32 Å². The Labute approximate surface area is 117 Å². The minimum absolute atomic E-state index is 0.235. The lowest BCUT2D eigenvalue weighted by Gasteiger charge is -2.17. The number of benzene rings is 1. The molecule has 1 atom stereocenters. The van der Waals surface area contributed by atoms with E-state index in [0.29, 0.717) is 4.90 Å². The molecule has 0 aliphatic rings. The molecule has 19 heavy (non-hydrogen) atoms. The van der Waals surface area contributed by atoms with Gasteiger partial charge in [-0.15, -0.1) is 0 Å². The first-order valence-electron chi connectivity index (χ1n) is 6.96. The molecule has 0 aromatic heterocycles. The van der Waals surface area contributed by atoms with E-state index in [1.165, 1.54) is 31.9 Å². The van der Waals surface area contributed by atoms with Gasteiger partial charge in [-0.1, -0.05) is 44.7 Å². The standard InChI is InChI=1S/C15H25NO2S/c1-4-5-6-7-11-15(16-2)13-9-8-10-14(12-13)19(3,17)18/h8-10,12,15-16H,4-7,11H2,1-3H3. The molecule has 4 heteroatoms. The van der Waals surface area contributed by atoms with Crippen molar-refractivity contribution in [3.8, 4) is 0 Å². The van der Waals surface area contributed by atoms with Gasteiger partial charge < -0.3 is 5.32 Å². The maximum absolute atomic E-state index is 11.6. The Morgan fingerprint density at radius 3 is 2.53 bits per heavy atom. The first-order chi connectivity index (χ1) is 8.99. The fraction of sp³-hybridized carbons (Fsp3) is 0.600. The molecule has 0 saturated carbocycles. The van der Waals surface area contributed by atoms with Crippen molar-refractivity contribution in [3.63, 3.8) is 0 Å². The van der Waals surface area contributed by atoms with Gasteiger partial charge in [-0.3, -0.25) is 0 Å². The van der Waals surface area contributed by atoms with Crippen LogP contribution in [0.25, 0.3) is 0 Å². The third-order valence-corrected chi connectivity index (χ3v) is 4.49. The van der Waals surface area contributed by atoms with Gasteiger partial charge in [0, 0.05) is 12.3 Å². The van der Waals surface area contributed by atoms with Gasteiger partial charge in [0.1, 0.15) is 0 Å². The Balaban J connectivity index is 2.76. The Kier molecular flexibility index (Phi) is 6.52. The van der Waals surface area contributed by atoms with Gasteiger partial charge in [0.15, 0.2) is 9.84 Å². The van der Waals surface area contributed by atoms with Gasteiger partial charge in [-0.25, -0.2) is 8.42 Å². The molecule has 0 aliphatic heterocycles. The van der Waals surface area contributed by atoms with E-state index in [-0.39, 0.29) is 6.04 Å². The second-order valence-electron chi connectivity index (χ2n) is 5.04. The summed E-state index contributed by atoms with van der Waals surface area (Å²) in [5.74, 6) is 0. The summed E-state index contributed by atoms with van der Waals surface area (Å²) in [6.45, 7) is 2.20. The molecule has 1 aromatic carbocycles. The first kappa shape index (κ1) is 16.2. The van der Waals surface area contributed by atoms with Crippen molar-refractivity contribution >= 4 is 9.84 Å². The Hall–Kier alpha value is -0.870. The Morgan fingerprint density at radius 2 is 1.95 bits per heavy atom. The van der Waals surface area contributed by atoms with Gasteiger partial charge in [-0.2, -0.15) is 0 Å². The zero-order valence-electron chi connectivity index (χ0n) is 12.1. The molecule has 1 aromatic rings. The second-order valence-corrected chi connectivity index (χ2v) is 7.05. The summed E-state index contributed by atoms with van der Waals surface area (Å²) in [4.78, 5) is 0.402. The van der Waals surface area contributed by atoms with Crippen molar-refractivity contribution < 1.29 is 8.42 Å². The lowest BCUT2D eigenvalue weighted by molar-refractivity contribution is 0.504. The number of hydrogen-bond acceptors (Lipinski definition) is 3. The summed E-state index contributed by atoms with van der Waals surface area (Å²) in [7, 11) is -1.20. The van der Waals surface area contributed by atoms with Gasteiger partial charge >= 0.3 is 0 Å². The van der Waals surface area contributed by atoms with E-state index in [9.17, 15) is 8.42 Å². The third kappa shape index (κ3) is 5.33. The fourth-order valence-electron chi connectivity index (χ4n) is 2.21. The minimum Gasteiger partial charge on any atom is -0.313 e. The predicted molar refractivity (Wildman–Crippen MR) is 80.1 cm³/mol. The molecule has 1 rings (SSSR count). The Morgan fingerprint density at radius 1 is 1.21 bits per heavy atom. The largest absolute Gasteiger partial charge is 0.313 e. The van der Waals surface area contributed by atoms with E-state index >= 15 is 0 Å². The van der Waals surface area contributed by atoms with E-state index < -0.39 is 9.84 Å². The molecule has 108 valence electrons. The van der Waals surface area contributed by atoms with Crippen LogP contribution in [-0.2, 0) is 9.84 Å². The number of unbranched alkanes of at least 4 members (excludes halogenated alkanes) is 3. The van der Waals surface area contributed by atoms with E-state index in [2.05, 4.69) is 12.2 Å². The highest BCUT2D eigenvalue weighted by atomic mass is 32.2. The van der Waals surface area contributed by atoms with Gasteiger partial charge in [-0.05, 0) is 31.2 Å². The summed E-state index contributed by atoms with van der Waals surface area (Å²) < 4.78 is 23.1. The quantitative estimate of drug-likeness (QED) is 0.744. The maximum Gasteiger partial charge on any atom is 0.175 e. The zero-order chi connectivity index (χ0) is 14.3. The van der Waals surface area contributed by atoms with Gasteiger partial charge in [0.25, 0.3) is 0 Å². The van der Waals surface area contributed by atoms with Crippen LogP contribution >= 0.6 is 0 Å². The van der Waals surface area contributed by atoms with Crippen LogP contribution in [0.2, 0.25) is 0 Å². The average Bonchev–Trinajstić information content (AvgIpc) is 2.38. The van der Waals surface area contributed by atoms with E-state index in [1.807, 2.05) is 19.2 Å². The van der Waals surface area contributed by atoms with Crippen LogP contribution in [0.3, 0.4) is 0 Å². The smallest absolute Gasteiger partial charge is 0.175 e. The Bertz CT molecular complexity index is 483. The molecule has 0 spiro atoms. The molecular formula is C15H25NO2S. The topological polar surface area (TPSA) is 46.2 Å². The minimum atomic E-state index is -3.12. The first-order valence-corrected chi connectivity index (χ1v) is 8.85. The molecule has 0 radical (unpaired) electrons. The summed E-state index contributed by atoms with van der Waals surface area (Å²) in [6, 6.07) is 7.50. The molecule has 1 N–H and O–H groups in total. The van der Waals surface area contributed by atoms with Crippen molar-refractivity contribution in [1.29, 1.82) is 0 Å². The molecule has 0 fully saturated rings. The molecule has 0 aliphatic carbocycles. The lowest BCUT2D eigenvalue weighted by atomic mass is 10.0. The molecular weight excluding hydrogens is 258 g/mol. The molecule has 0 saturated heterocycles. The van der Waals surface area contributed by atoms with Crippen molar-refractivity contribution in [1.82, 2.24) is 5.32 Å². The van der Waals surface area contributed by atoms with Crippen molar-refractivity contribution in [2.75, 3.05) is 13.3 Å². The summed E-state index contributed by atoms with van der Waals surface area (Å²) in [6.07, 6.45) is 7.20. The molecule has 3 nitrogen and oxygen atoms in total. The van der Waals surface area contributed by atoms with Crippen LogP contribution in [0.15, 0.2) is 29.2 Å². The van der Waals surface area contributed by atoms with Gasteiger partial charge in [0.2, 0.25) is 0 Å². The van der Waals surface area contributed by atoms with Crippen LogP contribution in [0, 0.1) is 0 Å². The molecule has 0 amide bonds. The monoisotopic (exact) mass is 283 g/mol. The van der Waals surface area contributed by atoms with Crippen molar-refractivity contribution in [3.05, 3.63) is 29.8 Å². The highest BCUT2D eigenvalue weighted by molar-refractivity contribution is 7.90. The van der Waals surface area contributed by atoms with Crippen LogP contribution in [-0.4, -0.2) is 21.7 Å². The number of sulfone groups is 1. The summed E-state index contributed by atoms with van der Waals surface area (Å²) in [5.41, 5.74) is 1.06.